The van der Waals surface area contributed by atoms with Crippen LogP contribution < -0.4 is 15.4 Å². The van der Waals surface area contributed by atoms with E-state index in [9.17, 15) is 0 Å². The van der Waals surface area contributed by atoms with Gasteiger partial charge in [-0.3, -0.25) is 4.99 Å². The number of halogens is 1. The standard InChI is InChI=1S/C17H29N3O3.HI/c1-14-6-7-15(16(12-14)23-10-5-9-21-3)13-20-17(18-2)19-8-11-22-4;/h6-7,12H,5,8-11,13H2,1-4H3,(H2,18,19,20);1H. The molecule has 0 aliphatic rings. The lowest BCUT2D eigenvalue weighted by Gasteiger charge is -2.15. The summed E-state index contributed by atoms with van der Waals surface area (Å²) in [7, 11) is 5.13. The molecule has 1 aromatic rings. The molecule has 1 rings (SSSR count). The van der Waals surface area contributed by atoms with Gasteiger partial charge in [-0.2, -0.15) is 0 Å². The van der Waals surface area contributed by atoms with Gasteiger partial charge in [0.2, 0.25) is 0 Å². The summed E-state index contributed by atoms with van der Waals surface area (Å²) in [5.74, 6) is 1.65. The van der Waals surface area contributed by atoms with Gasteiger partial charge >= 0.3 is 0 Å². The minimum Gasteiger partial charge on any atom is -0.493 e. The molecule has 0 spiro atoms. The van der Waals surface area contributed by atoms with Crippen molar-refractivity contribution >= 4 is 29.9 Å². The van der Waals surface area contributed by atoms with Gasteiger partial charge in [-0.25, -0.2) is 0 Å². The van der Waals surface area contributed by atoms with Crippen molar-refractivity contribution in [2.75, 3.05) is 47.6 Å². The molecule has 0 saturated heterocycles. The molecule has 2 N–H and O–H groups in total. The van der Waals surface area contributed by atoms with Crippen molar-refractivity contribution in [1.82, 2.24) is 10.6 Å². The molecule has 0 fully saturated rings. The van der Waals surface area contributed by atoms with Gasteiger partial charge in [-0.1, -0.05) is 12.1 Å². The molecule has 0 unspecified atom stereocenters. The highest BCUT2D eigenvalue weighted by molar-refractivity contribution is 14.0. The Balaban J connectivity index is 0.00000529. The Hall–Kier alpha value is -1.06. The fraction of sp³-hybridized carbons (Fsp3) is 0.588. The first-order valence-electron chi connectivity index (χ1n) is 7.86. The summed E-state index contributed by atoms with van der Waals surface area (Å²) in [5, 5.41) is 6.47. The van der Waals surface area contributed by atoms with Crippen LogP contribution >= 0.6 is 24.0 Å². The van der Waals surface area contributed by atoms with Gasteiger partial charge in [-0.15, -0.1) is 24.0 Å². The lowest BCUT2D eigenvalue weighted by Crippen LogP contribution is -2.38. The highest BCUT2D eigenvalue weighted by atomic mass is 127. The lowest BCUT2D eigenvalue weighted by molar-refractivity contribution is 0.171. The lowest BCUT2D eigenvalue weighted by atomic mass is 10.1. The Labute approximate surface area is 162 Å². The summed E-state index contributed by atoms with van der Waals surface area (Å²) in [6, 6.07) is 6.22. The number of rotatable bonds is 10. The number of ether oxygens (including phenoxy) is 3. The molecule has 0 heterocycles. The smallest absolute Gasteiger partial charge is 0.191 e. The van der Waals surface area contributed by atoms with Gasteiger partial charge < -0.3 is 24.8 Å². The first kappa shape index (κ1) is 22.9. The van der Waals surface area contributed by atoms with Crippen LogP contribution in [0.5, 0.6) is 5.75 Å². The molecule has 0 saturated carbocycles. The number of aliphatic imine (C=N–C) groups is 1. The van der Waals surface area contributed by atoms with Crippen molar-refractivity contribution in [3.63, 3.8) is 0 Å². The highest BCUT2D eigenvalue weighted by Crippen LogP contribution is 2.20. The van der Waals surface area contributed by atoms with Crippen molar-refractivity contribution in [2.24, 2.45) is 4.99 Å². The maximum Gasteiger partial charge on any atom is 0.191 e. The summed E-state index contributed by atoms with van der Waals surface area (Å²) in [6.45, 7) is 5.40. The van der Waals surface area contributed by atoms with Crippen molar-refractivity contribution in [2.45, 2.75) is 19.9 Å². The van der Waals surface area contributed by atoms with E-state index < -0.39 is 0 Å². The molecule has 0 amide bonds. The first-order valence-corrected chi connectivity index (χ1v) is 7.86. The SMILES string of the molecule is CN=C(NCCOC)NCc1ccc(C)cc1OCCCOC.I. The summed E-state index contributed by atoms with van der Waals surface area (Å²) >= 11 is 0. The van der Waals surface area contributed by atoms with E-state index in [1.165, 1.54) is 5.56 Å². The predicted molar refractivity (Wildman–Crippen MR) is 109 cm³/mol. The summed E-state index contributed by atoms with van der Waals surface area (Å²) in [4.78, 5) is 4.19. The number of hydrogen-bond acceptors (Lipinski definition) is 4. The van der Waals surface area contributed by atoms with Crippen LogP contribution in [0.15, 0.2) is 23.2 Å². The number of benzene rings is 1. The topological polar surface area (TPSA) is 64.1 Å². The van der Waals surface area contributed by atoms with Crippen LogP contribution in [0.3, 0.4) is 0 Å². The summed E-state index contributed by atoms with van der Waals surface area (Å²) in [5.41, 5.74) is 2.28. The van der Waals surface area contributed by atoms with Gasteiger partial charge in [0.05, 0.1) is 13.2 Å². The van der Waals surface area contributed by atoms with E-state index in [4.69, 9.17) is 14.2 Å². The number of guanidine groups is 1. The van der Waals surface area contributed by atoms with Crippen molar-refractivity contribution in [3.8, 4) is 5.75 Å². The van der Waals surface area contributed by atoms with Gasteiger partial charge in [0.1, 0.15) is 5.75 Å². The molecule has 0 aliphatic heterocycles. The second-order valence-corrected chi connectivity index (χ2v) is 5.15. The summed E-state index contributed by atoms with van der Waals surface area (Å²) < 4.78 is 16.0. The zero-order valence-corrected chi connectivity index (χ0v) is 17.4. The molecule has 0 atom stereocenters. The van der Waals surface area contributed by atoms with Crippen molar-refractivity contribution in [3.05, 3.63) is 29.3 Å². The molecule has 0 radical (unpaired) electrons. The molecular weight excluding hydrogens is 421 g/mol. The first-order chi connectivity index (χ1) is 11.2. The van der Waals surface area contributed by atoms with Crippen molar-refractivity contribution < 1.29 is 14.2 Å². The van der Waals surface area contributed by atoms with E-state index >= 15 is 0 Å². The number of hydrogen-bond donors (Lipinski definition) is 2. The van der Waals surface area contributed by atoms with E-state index in [2.05, 4.69) is 40.7 Å². The fourth-order valence-electron chi connectivity index (χ4n) is 2.00. The zero-order chi connectivity index (χ0) is 16.9. The molecular formula is C17H30IN3O3. The zero-order valence-electron chi connectivity index (χ0n) is 15.1. The van der Waals surface area contributed by atoms with Crippen LogP contribution in [0.2, 0.25) is 0 Å². The molecule has 0 aliphatic carbocycles. The van der Waals surface area contributed by atoms with Crippen molar-refractivity contribution in [1.29, 1.82) is 0 Å². The molecule has 7 heteroatoms. The van der Waals surface area contributed by atoms with Crippen LogP contribution in [0.1, 0.15) is 17.5 Å². The van der Waals surface area contributed by atoms with Crippen LogP contribution in [0, 0.1) is 6.92 Å². The molecule has 6 nitrogen and oxygen atoms in total. The Morgan fingerprint density at radius 3 is 2.50 bits per heavy atom. The molecule has 0 bridgehead atoms. The third-order valence-electron chi connectivity index (χ3n) is 3.24. The fourth-order valence-corrected chi connectivity index (χ4v) is 2.00. The monoisotopic (exact) mass is 451 g/mol. The maximum atomic E-state index is 5.88. The molecule has 1 aromatic carbocycles. The predicted octanol–water partition coefficient (Wildman–Crippen LogP) is 2.34. The minimum absolute atomic E-state index is 0. The van der Waals surface area contributed by atoms with Crippen LogP contribution in [-0.2, 0) is 16.0 Å². The van der Waals surface area contributed by atoms with E-state index in [1.54, 1.807) is 21.3 Å². The Kier molecular flexibility index (Phi) is 13.7. The Bertz CT molecular complexity index is 484. The third kappa shape index (κ3) is 9.29. The highest BCUT2D eigenvalue weighted by Gasteiger charge is 2.06. The number of nitrogens with zero attached hydrogens (tertiary/aromatic N) is 1. The average molecular weight is 451 g/mol. The number of aryl methyl sites for hydroxylation is 1. The maximum absolute atomic E-state index is 5.88. The summed E-state index contributed by atoms with van der Waals surface area (Å²) in [6.07, 6.45) is 0.873. The number of methoxy groups -OCH3 is 2. The second kappa shape index (κ2) is 14.3. The van der Waals surface area contributed by atoms with Crippen LogP contribution in [-0.4, -0.2) is 53.6 Å². The van der Waals surface area contributed by atoms with Gasteiger partial charge in [0.15, 0.2) is 5.96 Å². The minimum atomic E-state index is 0. The third-order valence-corrected chi connectivity index (χ3v) is 3.24. The largest absolute Gasteiger partial charge is 0.493 e. The molecule has 24 heavy (non-hydrogen) atoms. The van der Waals surface area contributed by atoms with Gasteiger partial charge in [-0.05, 0) is 18.6 Å². The van der Waals surface area contributed by atoms with E-state index in [0.717, 1.165) is 23.7 Å². The van der Waals surface area contributed by atoms with Gasteiger partial charge in [0, 0.05) is 52.9 Å². The Morgan fingerprint density at radius 2 is 1.83 bits per heavy atom. The quantitative estimate of drug-likeness (QED) is 0.248. The van der Waals surface area contributed by atoms with Crippen LogP contribution in [0.25, 0.3) is 0 Å². The van der Waals surface area contributed by atoms with E-state index in [0.29, 0.717) is 32.9 Å². The normalized spacial score (nSPS) is 10.9. The van der Waals surface area contributed by atoms with E-state index in [1.807, 2.05) is 0 Å². The average Bonchev–Trinajstić information content (AvgIpc) is 2.56. The van der Waals surface area contributed by atoms with E-state index in [-0.39, 0.29) is 24.0 Å². The second-order valence-electron chi connectivity index (χ2n) is 5.15. The Morgan fingerprint density at radius 1 is 1.08 bits per heavy atom. The van der Waals surface area contributed by atoms with Crippen LogP contribution in [0.4, 0.5) is 0 Å². The number of nitrogens with one attached hydrogen (secondary N) is 2. The molecule has 0 aromatic heterocycles. The molecule has 138 valence electrons. The van der Waals surface area contributed by atoms with Gasteiger partial charge in [0.25, 0.3) is 0 Å².